The van der Waals surface area contributed by atoms with Gasteiger partial charge in [-0.3, -0.25) is 0 Å². The largest absolute Gasteiger partial charge is 0.486 e. The summed E-state index contributed by atoms with van der Waals surface area (Å²) >= 11 is 5.90. The summed E-state index contributed by atoms with van der Waals surface area (Å²) in [4.78, 5) is 4.77. The Hall–Kier alpha value is -2.04. The van der Waals surface area contributed by atoms with Crippen LogP contribution >= 0.6 is 11.6 Å². The van der Waals surface area contributed by atoms with Gasteiger partial charge in [-0.25, -0.2) is 4.98 Å². The summed E-state index contributed by atoms with van der Waals surface area (Å²) in [6, 6.07) is 13.6. The fourth-order valence-corrected chi connectivity index (χ4v) is 2.75. The van der Waals surface area contributed by atoms with E-state index < -0.39 is 0 Å². The Bertz CT molecular complexity index is 796. The third-order valence-corrected chi connectivity index (χ3v) is 4.08. The molecule has 0 bridgehead atoms. The average Bonchev–Trinajstić information content (AvgIpc) is 2.91. The van der Waals surface area contributed by atoms with Crippen LogP contribution in [0.5, 0.6) is 5.75 Å². The van der Waals surface area contributed by atoms with Gasteiger partial charge in [0.2, 0.25) is 0 Å². The molecule has 1 heterocycles. The Labute approximate surface area is 140 Å². The molecule has 0 aliphatic heterocycles. The van der Waals surface area contributed by atoms with Crippen LogP contribution in [0.25, 0.3) is 11.0 Å². The van der Waals surface area contributed by atoms with Crippen molar-refractivity contribution in [3.8, 4) is 5.75 Å². The van der Waals surface area contributed by atoms with Gasteiger partial charge in [0.25, 0.3) is 0 Å². The zero-order chi connectivity index (χ0) is 16.2. The van der Waals surface area contributed by atoms with E-state index in [0.717, 1.165) is 35.6 Å². The summed E-state index contributed by atoms with van der Waals surface area (Å²) in [5.74, 6) is 1.70. The number of hydrogen-bond donors (Lipinski definition) is 1. The Morgan fingerprint density at radius 1 is 1.17 bits per heavy atom. The van der Waals surface area contributed by atoms with Crippen molar-refractivity contribution in [2.75, 3.05) is 6.54 Å². The summed E-state index contributed by atoms with van der Waals surface area (Å²) in [6.07, 6.45) is 0.910. The van der Waals surface area contributed by atoms with Crippen LogP contribution in [0.3, 0.4) is 0 Å². The van der Waals surface area contributed by atoms with Crippen molar-refractivity contribution in [3.05, 3.63) is 58.9 Å². The monoisotopic (exact) mass is 329 g/mol. The summed E-state index contributed by atoms with van der Waals surface area (Å²) in [5, 5.41) is 0.697. The highest BCUT2D eigenvalue weighted by Crippen LogP contribution is 2.22. The lowest BCUT2D eigenvalue weighted by Crippen LogP contribution is -2.10. The lowest BCUT2D eigenvalue weighted by molar-refractivity contribution is 0.290. The molecule has 3 rings (SSSR count). The number of nitrogens with zero attached hydrogens (tertiary/aromatic N) is 2. The highest BCUT2D eigenvalue weighted by Gasteiger charge is 2.12. The number of aromatic nitrogens is 2. The molecule has 0 saturated carbocycles. The third kappa shape index (κ3) is 3.49. The van der Waals surface area contributed by atoms with Crippen LogP contribution in [0, 0.1) is 6.92 Å². The molecule has 120 valence electrons. The lowest BCUT2D eigenvalue weighted by atomic mass is 10.2. The van der Waals surface area contributed by atoms with E-state index in [1.165, 1.54) is 5.56 Å². The molecular weight excluding hydrogens is 310 g/mol. The van der Waals surface area contributed by atoms with Gasteiger partial charge in [0.1, 0.15) is 18.2 Å². The van der Waals surface area contributed by atoms with Crippen molar-refractivity contribution in [3.63, 3.8) is 0 Å². The number of para-hydroxylation sites is 1. The second-order valence-electron chi connectivity index (χ2n) is 5.51. The number of nitrogens with two attached hydrogens (primary N) is 1. The number of ether oxygens (including phenoxy) is 1. The Morgan fingerprint density at radius 3 is 2.70 bits per heavy atom. The van der Waals surface area contributed by atoms with Crippen LogP contribution in [0.4, 0.5) is 0 Å². The van der Waals surface area contributed by atoms with E-state index in [0.29, 0.717) is 18.2 Å². The second kappa shape index (κ2) is 7.02. The number of hydrogen-bond acceptors (Lipinski definition) is 3. The number of halogens is 1. The predicted molar refractivity (Wildman–Crippen MR) is 93.9 cm³/mol. The Kier molecular flexibility index (Phi) is 4.84. The van der Waals surface area contributed by atoms with Crippen molar-refractivity contribution in [1.29, 1.82) is 0 Å². The Balaban J connectivity index is 1.89. The van der Waals surface area contributed by atoms with Gasteiger partial charge >= 0.3 is 0 Å². The van der Waals surface area contributed by atoms with Gasteiger partial charge in [-0.2, -0.15) is 0 Å². The minimum Gasteiger partial charge on any atom is -0.486 e. The average molecular weight is 330 g/mol. The molecule has 0 spiro atoms. The fraction of sp³-hybridized carbons (Fsp3) is 0.278. The molecule has 0 amide bonds. The molecule has 0 atom stereocenters. The molecular formula is C18H20ClN3O. The Morgan fingerprint density at radius 2 is 1.96 bits per heavy atom. The number of imidazole rings is 1. The molecule has 0 radical (unpaired) electrons. The van der Waals surface area contributed by atoms with Gasteiger partial charge in [0.05, 0.1) is 11.0 Å². The minimum atomic E-state index is 0.417. The van der Waals surface area contributed by atoms with Crippen molar-refractivity contribution in [1.82, 2.24) is 9.55 Å². The highest BCUT2D eigenvalue weighted by atomic mass is 35.5. The molecule has 1 aromatic heterocycles. The maximum absolute atomic E-state index is 5.90. The fourth-order valence-electron chi connectivity index (χ4n) is 2.62. The molecule has 4 nitrogen and oxygen atoms in total. The van der Waals surface area contributed by atoms with Crippen molar-refractivity contribution in [2.24, 2.45) is 5.73 Å². The van der Waals surface area contributed by atoms with Crippen molar-refractivity contribution in [2.45, 2.75) is 26.5 Å². The van der Waals surface area contributed by atoms with Gasteiger partial charge in [-0.15, -0.1) is 0 Å². The zero-order valence-electron chi connectivity index (χ0n) is 13.1. The third-order valence-electron chi connectivity index (χ3n) is 3.83. The highest BCUT2D eigenvalue weighted by molar-refractivity contribution is 6.30. The summed E-state index contributed by atoms with van der Waals surface area (Å²) in [7, 11) is 0. The van der Waals surface area contributed by atoms with E-state index in [4.69, 9.17) is 27.1 Å². The lowest BCUT2D eigenvalue weighted by Gasteiger charge is -2.10. The SMILES string of the molecule is Cc1cccc2c1nc(COc1ccc(Cl)cc1)n2CCCN. The number of rotatable bonds is 6. The molecule has 23 heavy (non-hydrogen) atoms. The first-order valence-corrected chi connectivity index (χ1v) is 8.10. The van der Waals surface area contributed by atoms with E-state index in [9.17, 15) is 0 Å². The zero-order valence-corrected chi connectivity index (χ0v) is 13.9. The van der Waals surface area contributed by atoms with Crippen LogP contribution in [-0.4, -0.2) is 16.1 Å². The number of benzene rings is 2. The topological polar surface area (TPSA) is 53.1 Å². The molecule has 0 aliphatic carbocycles. The molecule has 0 saturated heterocycles. The maximum atomic E-state index is 5.90. The molecule has 0 aliphatic rings. The van der Waals surface area contributed by atoms with Gasteiger partial charge < -0.3 is 15.0 Å². The van der Waals surface area contributed by atoms with Crippen LogP contribution in [-0.2, 0) is 13.2 Å². The summed E-state index contributed by atoms with van der Waals surface area (Å²) in [5.41, 5.74) is 9.00. The first-order valence-electron chi connectivity index (χ1n) is 7.72. The van der Waals surface area contributed by atoms with Gasteiger partial charge in [-0.1, -0.05) is 23.7 Å². The molecule has 0 fully saturated rings. The van der Waals surface area contributed by atoms with E-state index in [-0.39, 0.29) is 0 Å². The summed E-state index contributed by atoms with van der Waals surface area (Å²) < 4.78 is 8.06. The van der Waals surface area contributed by atoms with Crippen LogP contribution in [0.1, 0.15) is 17.8 Å². The molecule has 3 aromatic rings. The number of aryl methyl sites for hydroxylation is 2. The molecule has 0 unspecified atom stereocenters. The maximum Gasteiger partial charge on any atom is 0.148 e. The van der Waals surface area contributed by atoms with Crippen molar-refractivity contribution >= 4 is 22.6 Å². The molecule has 2 N–H and O–H groups in total. The van der Waals surface area contributed by atoms with E-state index in [1.54, 1.807) is 0 Å². The number of fused-ring (bicyclic) bond motifs is 1. The standard InChI is InChI=1S/C18H20ClN3O/c1-13-4-2-5-16-18(13)21-17(22(16)11-3-10-20)12-23-15-8-6-14(19)7-9-15/h2,4-9H,3,10-12,20H2,1H3. The van der Waals surface area contributed by atoms with Gasteiger partial charge in [-0.05, 0) is 55.8 Å². The smallest absolute Gasteiger partial charge is 0.148 e. The first-order chi connectivity index (χ1) is 11.2. The quantitative estimate of drug-likeness (QED) is 0.745. The van der Waals surface area contributed by atoms with E-state index in [2.05, 4.69) is 29.7 Å². The first kappa shape index (κ1) is 15.8. The predicted octanol–water partition coefficient (Wildman–Crippen LogP) is 3.93. The molecule has 5 heteroatoms. The normalized spacial score (nSPS) is 11.1. The van der Waals surface area contributed by atoms with E-state index in [1.807, 2.05) is 24.3 Å². The van der Waals surface area contributed by atoms with Crippen LogP contribution in [0.15, 0.2) is 42.5 Å². The van der Waals surface area contributed by atoms with Crippen molar-refractivity contribution < 1.29 is 4.74 Å². The second-order valence-corrected chi connectivity index (χ2v) is 5.94. The molecule has 2 aromatic carbocycles. The van der Waals surface area contributed by atoms with Gasteiger partial charge in [0.15, 0.2) is 0 Å². The van der Waals surface area contributed by atoms with Crippen LogP contribution < -0.4 is 10.5 Å². The minimum absolute atomic E-state index is 0.417. The van der Waals surface area contributed by atoms with Gasteiger partial charge in [0, 0.05) is 11.6 Å². The van der Waals surface area contributed by atoms with E-state index >= 15 is 0 Å². The van der Waals surface area contributed by atoms with Crippen LogP contribution in [0.2, 0.25) is 5.02 Å². The summed E-state index contributed by atoms with van der Waals surface area (Å²) in [6.45, 7) is 3.99.